The Balaban J connectivity index is 2.38. The number of rotatable bonds is 5. The van der Waals surface area contributed by atoms with Gasteiger partial charge in [-0.15, -0.1) is 0 Å². The van der Waals surface area contributed by atoms with Crippen LogP contribution >= 0.6 is 0 Å². The van der Waals surface area contributed by atoms with E-state index in [-0.39, 0.29) is 5.60 Å². The largest absolute Gasteiger partial charge is 0.418 e. The fourth-order valence-corrected chi connectivity index (χ4v) is 3.56. The maximum Gasteiger partial charge on any atom is 0.147 e. The molecule has 0 heterocycles. The lowest BCUT2D eigenvalue weighted by molar-refractivity contribution is 0.0685. The quantitative estimate of drug-likeness (QED) is 0.760. The SMILES string of the molecule is CCC(CC)(O[SiH3])c1ccc(-c2cc(F)cc(F)c2)cc1. The molecule has 2 aromatic rings. The molecule has 0 aliphatic carbocycles. The Kier molecular flexibility index (Phi) is 4.90. The van der Waals surface area contributed by atoms with E-state index in [1.807, 2.05) is 24.3 Å². The van der Waals surface area contributed by atoms with E-state index in [0.29, 0.717) is 16.0 Å². The molecule has 112 valence electrons. The van der Waals surface area contributed by atoms with Crippen molar-refractivity contribution in [1.82, 2.24) is 0 Å². The third-order valence-electron chi connectivity index (χ3n) is 4.14. The molecule has 0 aliphatic heterocycles. The van der Waals surface area contributed by atoms with Crippen molar-refractivity contribution in [2.24, 2.45) is 0 Å². The smallest absolute Gasteiger partial charge is 0.147 e. The summed E-state index contributed by atoms with van der Waals surface area (Å²) < 4.78 is 32.4. The molecule has 0 N–H and O–H groups in total. The molecule has 0 saturated heterocycles. The topological polar surface area (TPSA) is 9.23 Å². The first-order valence-electron chi connectivity index (χ1n) is 7.17. The lowest BCUT2D eigenvalue weighted by Gasteiger charge is -2.31. The molecule has 21 heavy (non-hydrogen) atoms. The lowest BCUT2D eigenvalue weighted by Crippen LogP contribution is -2.27. The van der Waals surface area contributed by atoms with Gasteiger partial charge in [-0.2, -0.15) is 0 Å². The van der Waals surface area contributed by atoms with Gasteiger partial charge in [0, 0.05) is 6.07 Å². The van der Waals surface area contributed by atoms with Gasteiger partial charge >= 0.3 is 0 Å². The minimum Gasteiger partial charge on any atom is -0.418 e. The van der Waals surface area contributed by atoms with Crippen molar-refractivity contribution in [2.75, 3.05) is 0 Å². The first kappa shape index (κ1) is 15.9. The van der Waals surface area contributed by atoms with Gasteiger partial charge in [-0.05, 0) is 41.7 Å². The summed E-state index contributed by atoms with van der Waals surface area (Å²) in [6, 6.07) is 11.3. The second-order valence-corrected chi connectivity index (χ2v) is 5.55. The number of benzene rings is 2. The average Bonchev–Trinajstić information content (AvgIpc) is 2.49. The zero-order valence-electron chi connectivity index (χ0n) is 12.6. The van der Waals surface area contributed by atoms with Crippen LogP contribution in [0.2, 0.25) is 0 Å². The molecule has 0 radical (unpaired) electrons. The lowest BCUT2D eigenvalue weighted by atomic mass is 9.87. The van der Waals surface area contributed by atoms with E-state index in [2.05, 4.69) is 13.8 Å². The molecule has 0 amide bonds. The molecule has 2 aromatic carbocycles. The highest BCUT2D eigenvalue weighted by atomic mass is 28.2. The minimum absolute atomic E-state index is 0.238. The van der Waals surface area contributed by atoms with Gasteiger partial charge in [0.15, 0.2) is 0 Å². The van der Waals surface area contributed by atoms with Gasteiger partial charge in [0.2, 0.25) is 0 Å². The van der Waals surface area contributed by atoms with Crippen LogP contribution in [0.15, 0.2) is 42.5 Å². The first-order chi connectivity index (χ1) is 10.0. The van der Waals surface area contributed by atoms with Crippen LogP contribution in [-0.2, 0) is 10.0 Å². The monoisotopic (exact) mass is 306 g/mol. The Morgan fingerprint density at radius 3 is 1.86 bits per heavy atom. The second-order valence-electron chi connectivity index (χ2n) is 5.14. The van der Waals surface area contributed by atoms with E-state index < -0.39 is 11.6 Å². The third-order valence-corrected chi connectivity index (χ3v) is 4.92. The number of hydrogen-bond donors (Lipinski definition) is 0. The maximum atomic E-state index is 13.3. The van der Waals surface area contributed by atoms with Gasteiger partial charge in [-0.25, -0.2) is 8.78 Å². The Morgan fingerprint density at radius 2 is 1.43 bits per heavy atom. The zero-order valence-corrected chi connectivity index (χ0v) is 14.6. The van der Waals surface area contributed by atoms with Gasteiger partial charge in [0.1, 0.15) is 22.1 Å². The second kappa shape index (κ2) is 6.50. The molecule has 0 aliphatic rings. The summed E-state index contributed by atoms with van der Waals surface area (Å²) in [5, 5.41) is 0. The van der Waals surface area contributed by atoms with Crippen molar-refractivity contribution in [3.05, 3.63) is 59.7 Å². The molecular weight excluding hydrogens is 286 g/mol. The highest BCUT2D eigenvalue weighted by molar-refractivity contribution is 5.98. The summed E-state index contributed by atoms with van der Waals surface area (Å²) in [5.74, 6) is -1.12. The predicted molar refractivity (Wildman–Crippen MR) is 85.1 cm³/mol. The summed E-state index contributed by atoms with van der Waals surface area (Å²) in [6.07, 6.45) is 1.81. The molecule has 0 aromatic heterocycles. The van der Waals surface area contributed by atoms with Crippen molar-refractivity contribution in [3.8, 4) is 11.1 Å². The van der Waals surface area contributed by atoms with E-state index in [4.69, 9.17) is 4.43 Å². The molecule has 2 rings (SSSR count). The van der Waals surface area contributed by atoms with Gasteiger partial charge in [-0.1, -0.05) is 38.1 Å². The van der Waals surface area contributed by atoms with Crippen LogP contribution in [0.3, 0.4) is 0 Å². The highest BCUT2D eigenvalue weighted by Gasteiger charge is 2.26. The third kappa shape index (κ3) is 3.22. The van der Waals surface area contributed by atoms with Crippen LogP contribution in [0, 0.1) is 11.6 Å². The number of hydrogen-bond acceptors (Lipinski definition) is 1. The molecule has 4 heteroatoms. The van der Waals surface area contributed by atoms with Crippen molar-refractivity contribution in [1.29, 1.82) is 0 Å². The van der Waals surface area contributed by atoms with Crippen molar-refractivity contribution in [2.45, 2.75) is 32.3 Å². The Morgan fingerprint density at radius 1 is 0.905 bits per heavy atom. The Hall–Kier alpha value is -1.52. The van der Waals surface area contributed by atoms with E-state index >= 15 is 0 Å². The predicted octanol–water partition coefficient (Wildman–Crippen LogP) is 3.94. The van der Waals surface area contributed by atoms with Gasteiger partial charge in [0.05, 0.1) is 5.60 Å². The molecule has 0 atom stereocenters. The molecule has 0 fully saturated rings. The van der Waals surface area contributed by atoms with E-state index in [0.717, 1.165) is 30.0 Å². The first-order valence-corrected chi connectivity index (χ1v) is 7.98. The fourth-order valence-electron chi connectivity index (χ4n) is 2.75. The zero-order chi connectivity index (χ0) is 15.5. The van der Waals surface area contributed by atoms with Gasteiger partial charge in [-0.3, -0.25) is 0 Å². The molecule has 0 spiro atoms. The van der Waals surface area contributed by atoms with Crippen LogP contribution < -0.4 is 0 Å². The summed E-state index contributed by atoms with van der Waals surface area (Å²) >= 11 is 0. The van der Waals surface area contributed by atoms with Crippen molar-refractivity contribution in [3.63, 3.8) is 0 Å². The van der Waals surface area contributed by atoms with E-state index in [1.165, 1.54) is 12.1 Å². The summed E-state index contributed by atoms with van der Waals surface area (Å²) in [6.45, 7) is 4.22. The molecule has 1 nitrogen and oxygen atoms in total. The maximum absolute atomic E-state index is 13.3. The van der Waals surface area contributed by atoms with Gasteiger partial charge < -0.3 is 4.43 Å². The minimum atomic E-state index is -0.562. The van der Waals surface area contributed by atoms with E-state index in [9.17, 15) is 8.78 Å². The average molecular weight is 306 g/mol. The standard InChI is InChI=1S/C17H20F2OSi/c1-3-17(4-2,20-21)14-7-5-12(6-8-14)13-9-15(18)11-16(19)10-13/h5-11H,3-4H2,1-2,21H3. The molecular formula is C17H20F2OSi. The van der Waals surface area contributed by atoms with Crippen molar-refractivity contribution < 1.29 is 13.2 Å². The summed E-state index contributed by atoms with van der Waals surface area (Å²) in [7, 11) is 0.672. The van der Waals surface area contributed by atoms with Crippen molar-refractivity contribution >= 4 is 10.5 Å². The molecule has 0 bridgehead atoms. The molecule has 0 unspecified atom stereocenters. The van der Waals surface area contributed by atoms with Crippen LogP contribution in [0.4, 0.5) is 8.78 Å². The van der Waals surface area contributed by atoms with Crippen LogP contribution in [0.1, 0.15) is 32.3 Å². The molecule has 0 saturated carbocycles. The van der Waals surface area contributed by atoms with Crippen LogP contribution in [-0.4, -0.2) is 10.5 Å². The number of halogens is 2. The highest BCUT2D eigenvalue weighted by Crippen LogP contribution is 2.33. The summed E-state index contributed by atoms with van der Waals surface area (Å²) in [4.78, 5) is 0. The van der Waals surface area contributed by atoms with Gasteiger partial charge in [0.25, 0.3) is 0 Å². The van der Waals surface area contributed by atoms with E-state index in [1.54, 1.807) is 0 Å². The Bertz CT molecular complexity index is 578. The normalized spacial score (nSPS) is 11.8. The van der Waals surface area contributed by atoms with Crippen LogP contribution in [0.5, 0.6) is 0 Å². The fraction of sp³-hybridized carbons (Fsp3) is 0.294. The van der Waals surface area contributed by atoms with Crippen LogP contribution in [0.25, 0.3) is 11.1 Å². The Labute approximate surface area is 127 Å². The summed E-state index contributed by atoms with van der Waals surface area (Å²) in [5.41, 5.74) is 2.22.